The Kier molecular flexibility index (Phi) is 3.25. The maximum atomic E-state index is 4.27. The van der Waals surface area contributed by atoms with E-state index in [4.69, 9.17) is 0 Å². The summed E-state index contributed by atoms with van der Waals surface area (Å²) in [5, 5.41) is 7.69. The van der Waals surface area contributed by atoms with E-state index in [0.717, 1.165) is 38.4 Å². The first-order chi connectivity index (χ1) is 7.63. The summed E-state index contributed by atoms with van der Waals surface area (Å²) >= 11 is 0. The van der Waals surface area contributed by atoms with Gasteiger partial charge in [0.1, 0.15) is 12.2 Å². The van der Waals surface area contributed by atoms with Crippen LogP contribution in [0.15, 0.2) is 6.33 Å². The van der Waals surface area contributed by atoms with E-state index in [-0.39, 0.29) is 5.54 Å². The summed E-state index contributed by atoms with van der Waals surface area (Å²) in [4.78, 5) is 6.72. The average Bonchev–Trinajstić information content (AvgIpc) is 2.65. The number of nitrogens with one attached hydrogen (secondary N) is 1. The van der Waals surface area contributed by atoms with Crippen molar-refractivity contribution in [3.63, 3.8) is 0 Å². The van der Waals surface area contributed by atoms with Crippen LogP contribution < -0.4 is 5.32 Å². The van der Waals surface area contributed by atoms with E-state index < -0.39 is 0 Å². The van der Waals surface area contributed by atoms with Gasteiger partial charge in [0.05, 0.1) is 6.54 Å². The van der Waals surface area contributed by atoms with E-state index in [2.05, 4.69) is 34.1 Å². The molecule has 2 heterocycles. The molecule has 0 saturated carbocycles. The highest BCUT2D eigenvalue weighted by Crippen LogP contribution is 2.16. The van der Waals surface area contributed by atoms with Crippen LogP contribution in [0.5, 0.6) is 0 Å². The molecule has 5 nitrogen and oxygen atoms in total. The molecule has 0 radical (unpaired) electrons. The first kappa shape index (κ1) is 11.5. The Morgan fingerprint density at radius 2 is 2.38 bits per heavy atom. The predicted molar refractivity (Wildman–Crippen MR) is 63.0 cm³/mol. The summed E-state index contributed by atoms with van der Waals surface area (Å²) in [6.45, 7) is 8.64. The van der Waals surface area contributed by atoms with Crippen LogP contribution in [0.25, 0.3) is 0 Å². The number of aryl methyl sites for hydroxylation is 1. The summed E-state index contributed by atoms with van der Waals surface area (Å²) in [7, 11) is 1.95. The highest BCUT2D eigenvalue weighted by atomic mass is 15.3. The molecule has 0 spiro atoms. The van der Waals surface area contributed by atoms with Gasteiger partial charge in [-0.05, 0) is 13.3 Å². The van der Waals surface area contributed by atoms with Gasteiger partial charge in [0.15, 0.2) is 0 Å². The fourth-order valence-corrected chi connectivity index (χ4v) is 2.18. The van der Waals surface area contributed by atoms with Gasteiger partial charge in [0.25, 0.3) is 0 Å². The zero-order valence-corrected chi connectivity index (χ0v) is 10.4. The van der Waals surface area contributed by atoms with Gasteiger partial charge in [0, 0.05) is 32.2 Å². The Bertz CT molecular complexity index is 348. The van der Waals surface area contributed by atoms with Gasteiger partial charge >= 0.3 is 0 Å². The van der Waals surface area contributed by atoms with Crippen molar-refractivity contribution in [2.75, 3.05) is 19.6 Å². The van der Waals surface area contributed by atoms with E-state index in [1.54, 1.807) is 6.33 Å². The second kappa shape index (κ2) is 4.51. The van der Waals surface area contributed by atoms with Gasteiger partial charge in [0.2, 0.25) is 0 Å². The summed E-state index contributed by atoms with van der Waals surface area (Å²) in [5.41, 5.74) is 0.247. The lowest BCUT2D eigenvalue weighted by Gasteiger charge is -2.40. The normalized spacial score (nSPS) is 27.2. The Labute approximate surface area is 96.8 Å². The van der Waals surface area contributed by atoms with E-state index in [1.807, 2.05) is 11.7 Å². The number of nitrogens with zero attached hydrogens (tertiary/aromatic N) is 4. The number of hydrogen-bond acceptors (Lipinski definition) is 4. The second-order valence-corrected chi connectivity index (χ2v) is 4.85. The molecule has 1 unspecified atom stereocenters. The minimum absolute atomic E-state index is 0.247. The van der Waals surface area contributed by atoms with Crippen LogP contribution >= 0.6 is 0 Å². The third kappa shape index (κ3) is 2.41. The molecule has 2 rings (SSSR count). The molecule has 1 aromatic heterocycles. The summed E-state index contributed by atoms with van der Waals surface area (Å²) in [6, 6.07) is 0. The van der Waals surface area contributed by atoms with Crippen molar-refractivity contribution in [3.05, 3.63) is 12.2 Å². The van der Waals surface area contributed by atoms with Crippen LogP contribution in [0.4, 0.5) is 0 Å². The van der Waals surface area contributed by atoms with Crippen molar-refractivity contribution in [1.29, 1.82) is 0 Å². The molecule has 1 aliphatic rings. The van der Waals surface area contributed by atoms with Crippen molar-refractivity contribution in [2.24, 2.45) is 7.05 Å². The van der Waals surface area contributed by atoms with Crippen molar-refractivity contribution >= 4 is 0 Å². The molecule has 0 amide bonds. The van der Waals surface area contributed by atoms with Crippen LogP contribution in [-0.4, -0.2) is 44.8 Å². The van der Waals surface area contributed by atoms with E-state index >= 15 is 0 Å². The predicted octanol–water partition coefficient (Wildman–Crippen LogP) is 0.389. The number of aromatic nitrogens is 3. The average molecular weight is 223 g/mol. The van der Waals surface area contributed by atoms with Gasteiger partial charge < -0.3 is 5.32 Å². The molecule has 90 valence electrons. The van der Waals surface area contributed by atoms with Crippen molar-refractivity contribution in [3.8, 4) is 0 Å². The van der Waals surface area contributed by atoms with Crippen LogP contribution in [0, 0.1) is 0 Å². The van der Waals surface area contributed by atoms with Crippen molar-refractivity contribution in [1.82, 2.24) is 25.0 Å². The fraction of sp³-hybridized carbons (Fsp3) is 0.818. The molecule has 0 aliphatic carbocycles. The van der Waals surface area contributed by atoms with Gasteiger partial charge in [-0.15, -0.1) is 0 Å². The Balaban J connectivity index is 1.98. The summed E-state index contributed by atoms with van der Waals surface area (Å²) in [5.74, 6) is 1.04. The maximum absolute atomic E-state index is 4.27. The largest absolute Gasteiger partial charge is 0.309 e. The number of rotatable bonds is 3. The Morgan fingerprint density at radius 1 is 1.56 bits per heavy atom. The molecule has 1 N–H and O–H groups in total. The molecule has 1 fully saturated rings. The van der Waals surface area contributed by atoms with E-state index in [0.29, 0.717) is 0 Å². The molecule has 1 saturated heterocycles. The molecular formula is C11H21N5. The molecule has 5 heteroatoms. The quantitative estimate of drug-likeness (QED) is 0.805. The second-order valence-electron chi connectivity index (χ2n) is 4.85. The highest BCUT2D eigenvalue weighted by Gasteiger charge is 2.28. The molecular weight excluding hydrogens is 202 g/mol. The number of hydrogen-bond donors (Lipinski definition) is 1. The SMILES string of the molecule is CCC1(C)CN(Cc2ncnn2C)CCN1. The zero-order chi connectivity index (χ0) is 11.6. The molecule has 0 aromatic carbocycles. The van der Waals surface area contributed by atoms with Crippen LogP contribution in [-0.2, 0) is 13.6 Å². The highest BCUT2D eigenvalue weighted by molar-refractivity contribution is 4.92. The molecule has 1 atom stereocenters. The standard InChI is InChI=1S/C11H21N5/c1-4-11(2)8-16(6-5-13-11)7-10-12-9-14-15(10)3/h9,13H,4-8H2,1-3H3. The lowest BCUT2D eigenvalue weighted by atomic mass is 9.96. The summed E-state index contributed by atoms with van der Waals surface area (Å²) < 4.78 is 1.85. The Hall–Kier alpha value is -0.940. The lowest BCUT2D eigenvalue weighted by molar-refractivity contribution is 0.130. The third-order valence-electron chi connectivity index (χ3n) is 3.50. The van der Waals surface area contributed by atoms with Crippen LogP contribution in [0.2, 0.25) is 0 Å². The van der Waals surface area contributed by atoms with Crippen molar-refractivity contribution < 1.29 is 0 Å². The van der Waals surface area contributed by atoms with E-state index in [1.165, 1.54) is 0 Å². The van der Waals surface area contributed by atoms with Gasteiger partial charge in [-0.3, -0.25) is 9.58 Å². The lowest BCUT2D eigenvalue weighted by Crippen LogP contribution is -2.58. The Morgan fingerprint density at radius 3 is 3.00 bits per heavy atom. The van der Waals surface area contributed by atoms with Crippen molar-refractivity contribution in [2.45, 2.75) is 32.4 Å². The molecule has 1 aliphatic heterocycles. The monoisotopic (exact) mass is 223 g/mol. The number of piperazine rings is 1. The van der Waals surface area contributed by atoms with Crippen LogP contribution in [0.1, 0.15) is 26.1 Å². The van der Waals surface area contributed by atoms with Crippen LogP contribution in [0.3, 0.4) is 0 Å². The minimum Gasteiger partial charge on any atom is -0.309 e. The maximum Gasteiger partial charge on any atom is 0.140 e. The van der Waals surface area contributed by atoms with Gasteiger partial charge in [-0.1, -0.05) is 6.92 Å². The zero-order valence-electron chi connectivity index (χ0n) is 10.4. The van der Waals surface area contributed by atoms with Gasteiger partial charge in [-0.2, -0.15) is 5.10 Å². The third-order valence-corrected chi connectivity index (χ3v) is 3.50. The fourth-order valence-electron chi connectivity index (χ4n) is 2.18. The topological polar surface area (TPSA) is 46.0 Å². The molecule has 16 heavy (non-hydrogen) atoms. The minimum atomic E-state index is 0.247. The smallest absolute Gasteiger partial charge is 0.140 e. The van der Waals surface area contributed by atoms with E-state index in [9.17, 15) is 0 Å². The van der Waals surface area contributed by atoms with Gasteiger partial charge in [-0.25, -0.2) is 4.98 Å². The first-order valence-electron chi connectivity index (χ1n) is 5.93. The molecule has 0 bridgehead atoms. The first-order valence-corrected chi connectivity index (χ1v) is 5.93. The molecule has 1 aromatic rings. The summed E-state index contributed by atoms with van der Waals surface area (Å²) in [6.07, 6.45) is 2.78.